The average Bonchev–Trinajstić information content (AvgIpc) is 2.39. The smallest absolute Gasteiger partial charge is 0.161 e. The van der Waals surface area contributed by atoms with Crippen molar-refractivity contribution in [1.29, 1.82) is 0 Å². The molecule has 2 N–H and O–H groups in total. The van der Waals surface area contributed by atoms with Gasteiger partial charge in [0.25, 0.3) is 0 Å². The van der Waals surface area contributed by atoms with Crippen molar-refractivity contribution in [2.45, 2.75) is 0 Å². The first kappa shape index (κ1) is 11.1. The summed E-state index contributed by atoms with van der Waals surface area (Å²) >= 11 is 0. The zero-order valence-corrected chi connectivity index (χ0v) is 8.63. The van der Waals surface area contributed by atoms with Gasteiger partial charge in [-0.15, -0.1) is 12.4 Å². The molecule has 78 valence electrons. The lowest BCUT2D eigenvalue weighted by Gasteiger charge is -2.08. The predicted octanol–water partition coefficient (Wildman–Crippen LogP) is 1.45. The van der Waals surface area contributed by atoms with E-state index in [4.69, 9.17) is 15.2 Å². The first-order valence-electron chi connectivity index (χ1n) is 4.45. The molecule has 14 heavy (non-hydrogen) atoms. The van der Waals surface area contributed by atoms with Gasteiger partial charge in [-0.1, -0.05) is 12.1 Å². The number of hydrogen-bond acceptors (Lipinski definition) is 3. The molecule has 1 heterocycles. The Bertz CT molecular complexity index is 266. The molecule has 0 spiro atoms. The van der Waals surface area contributed by atoms with E-state index < -0.39 is 0 Å². The van der Waals surface area contributed by atoms with Crippen molar-refractivity contribution in [3.63, 3.8) is 0 Å². The van der Waals surface area contributed by atoms with Crippen LogP contribution in [0, 0.1) is 5.92 Å². The molecule has 0 fully saturated rings. The number of para-hydroxylation sites is 2. The van der Waals surface area contributed by atoms with Crippen molar-refractivity contribution < 1.29 is 9.47 Å². The molecule has 1 aliphatic heterocycles. The van der Waals surface area contributed by atoms with Crippen molar-refractivity contribution in [2.75, 3.05) is 19.8 Å². The predicted molar refractivity (Wildman–Crippen MR) is 57.2 cm³/mol. The van der Waals surface area contributed by atoms with Crippen molar-refractivity contribution in [1.82, 2.24) is 0 Å². The number of hydrogen-bond donors (Lipinski definition) is 1. The van der Waals surface area contributed by atoms with Gasteiger partial charge < -0.3 is 15.2 Å². The fourth-order valence-electron chi connectivity index (χ4n) is 1.29. The summed E-state index contributed by atoms with van der Waals surface area (Å²) in [5, 5.41) is 0. The van der Waals surface area contributed by atoms with E-state index in [0.717, 1.165) is 11.5 Å². The normalized spacial score (nSPS) is 15.5. The van der Waals surface area contributed by atoms with Crippen molar-refractivity contribution >= 4 is 12.4 Å². The molecular weight excluding hydrogens is 202 g/mol. The van der Waals surface area contributed by atoms with Crippen molar-refractivity contribution in [3.8, 4) is 11.5 Å². The van der Waals surface area contributed by atoms with E-state index in [2.05, 4.69) is 0 Å². The van der Waals surface area contributed by atoms with Crippen LogP contribution in [0.3, 0.4) is 0 Å². The van der Waals surface area contributed by atoms with Gasteiger partial charge in [0, 0.05) is 12.5 Å². The monoisotopic (exact) mass is 215 g/mol. The third-order valence-electron chi connectivity index (χ3n) is 2.13. The van der Waals surface area contributed by atoms with Crippen LogP contribution in [0.5, 0.6) is 11.5 Å². The lowest BCUT2D eigenvalue weighted by Crippen LogP contribution is -2.25. The zero-order chi connectivity index (χ0) is 9.10. The maximum Gasteiger partial charge on any atom is 0.161 e. The molecule has 1 aliphatic rings. The minimum absolute atomic E-state index is 0. The fourth-order valence-corrected chi connectivity index (χ4v) is 1.29. The second kappa shape index (κ2) is 5.08. The Hall–Kier alpha value is -0.930. The molecule has 0 radical (unpaired) electrons. The molecule has 1 aromatic carbocycles. The summed E-state index contributed by atoms with van der Waals surface area (Å²) in [7, 11) is 0. The Morgan fingerprint density at radius 1 is 1.14 bits per heavy atom. The van der Waals surface area contributed by atoms with Crippen LogP contribution in [0.15, 0.2) is 24.3 Å². The first-order chi connectivity index (χ1) is 6.40. The standard InChI is InChI=1S/C10H13NO2.ClH/c11-5-8-6-12-9-3-1-2-4-10(9)13-7-8;/h1-4,8H,5-7,11H2;1H. The van der Waals surface area contributed by atoms with E-state index in [0.29, 0.717) is 25.7 Å². The van der Waals surface area contributed by atoms with Crippen LogP contribution in [-0.4, -0.2) is 19.8 Å². The molecule has 1 aromatic rings. The maximum absolute atomic E-state index is 5.55. The summed E-state index contributed by atoms with van der Waals surface area (Å²) in [5.74, 6) is 1.93. The minimum Gasteiger partial charge on any atom is -0.489 e. The second-order valence-corrected chi connectivity index (χ2v) is 3.17. The Morgan fingerprint density at radius 2 is 1.64 bits per heavy atom. The van der Waals surface area contributed by atoms with Gasteiger partial charge in [0.15, 0.2) is 11.5 Å². The van der Waals surface area contributed by atoms with E-state index in [1.807, 2.05) is 24.3 Å². The van der Waals surface area contributed by atoms with E-state index >= 15 is 0 Å². The Labute approximate surface area is 89.6 Å². The van der Waals surface area contributed by atoms with E-state index in [9.17, 15) is 0 Å². The number of rotatable bonds is 1. The van der Waals surface area contributed by atoms with Crippen LogP contribution >= 0.6 is 12.4 Å². The maximum atomic E-state index is 5.55. The van der Waals surface area contributed by atoms with Crippen molar-refractivity contribution in [3.05, 3.63) is 24.3 Å². The fraction of sp³-hybridized carbons (Fsp3) is 0.400. The topological polar surface area (TPSA) is 44.5 Å². The van der Waals surface area contributed by atoms with Gasteiger partial charge in [-0.25, -0.2) is 0 Å². The zero-order valence-electron chi connectivity index (χ0n) is 7.81. The Morgan fingerprint density at radius 3 is 2.07 bits per heavy atom. The largest absolute Gasteiger partial charge is 0.489 e. The summed E-state index contributed by atoms with van der Waals surface area (Å²) in [6.45, 7) is 1.90. The van der Waals surface area contributed by atoms with Gasteiger partial charge in [0.05, 0.1) is 13.2 Å². The van der Waals surface area contributed by atoms with Crippen LogP contribution in [-0.2, 0) is 0 Å². The van der Waals surface area contributed by atoms with E-state index in [1.165, 1.54) is 0 Å². The van der Waals surface area contributed by atoms with Gasteiger partial charge in [-0.2, -0.15) is 0 Å². The molecule has 0 saturated heterocycles. The van der Waals surface area contributed by atoms with Crippen LogP contribution in [0.1, 0.15) is 0 Å². The van der Waals surface area contributed by atoms with Gasteiger partial charge in [-0.3, -0.25) is 0 Å². The molecule has 0 aliphatic carbocycles. The highest BCUT2D eigenvalue weighted by atomic mass is 35.5. The lowest BCUT2D eigenvalue weighted by molar-refractivity contribution is 0.219. The highest BCUT2D eigenvalue weighted by Crippen LogP contribution is 2.29. The van der Waals surface area contributed by atoms with Gasteiger partial charge in [0.1, 0.15) is 0 Å². The Kier molecular flexibility index (Phi) is 4.04. The van der Waals surface area contributed by atoms with E-state index in [-0.39, 0.29) is 12.4 Å². The molecule has 3 nitrogen and oxygen atoms in total. The third kappa shape index (κ3) is 2.30. The van der Waals surface area contributed by atoms with Crippen LogP contribution in [0.25, 0.3) is 0 Å². The SMILES string of the molecule is Cl.NCC1COc2ccccc2OC1. The van der Waals surface area contributed by atoms with Gasteiger partial charge in [0.2, 0.25) is 0 Å². The van der Waals surface area contributed by atoms with Gasteiger partial charge >= 0.3 is 0 Å². The minimum atomic E-state index is 0. The highest BCUT2D eigenvalue weighted by Gasteiger charge is 2.15. The third-order valence-corrected chi connectivity index (χ3v) is 2.13. The highest BCUT2D eigenvalue weighted by molar-refractivity contribution is 5.85. The first-order valence-corrected chi connectivity index (χ1v) is 4.45. The summed E-state index contributed by atoms with van der Waals surface area (Å²) in [4.78, 5) is 0. The quantitative estimate of drug-likeness (QED) is 0.772. The Balaban J connectivity index is 0.000000980. The molecule has 0 atom stereocenters. The van der Waals surface area contributed by atoms with E-state index in [1.54, 1.807) is 0 Å². The molecule has 0 amide bonds. The molecule has 2 rings (SSSR count). The molecular formula is C10H14ClNO2. The molecule has 0 saturated carbocycles. The van der Waals surface area contributed by atoms with Crippen molar-refractivity contribution in [2.24, 2.45) is 11.7 Å². The molecule has 0 unspecified atom stereocenters. The molecule has 0 bridgehead atoms. The number of halogens is 1. The van der Waals surface area contributed by atoms with Crippen LogP contribution in [0.4, 0.5) is 0 Å². The summed E-state index contributed by atoms with van der Waals surface area (Å²) in [6, 6.07) is 7.69. The molecule has 4 heteroatoms. The summed E-state index contributed by atoms with van der Waals surface area (Å²) in [5.41, 5.74) is 5.55. The lowest BCUT2D eigenvalue weighted by atomic mass is 10.2. The average molecular weight is 216 g/mol. The molecule has 0 aromatic heterocycles. The summed E-state index contributed by atoms with van der Waals surface area (Å²) in [6.07, 6.45) is 0. The van der Waals surface area contributed by atoms with Crippen LogP contribution in [0.2, 0.25) is 0 Å². The number of ether oxygens (including phenoxy) is 2. The van der Waals surface area contributed by atoms with Crippen LogP contribution < -0.4 is 15.2 Å². The summed E-state index contributed by atoms with van der Waals surface area (Å²) < 4.78 is 11.1. The second-order valence-electron chi connectivity index (χ2n) is 3.17. The number of fused-ring (bicyclic) bond motifs is 1. The number of nitrogens with two attached hydrogens (primary N) is 1. The van der Waals surface area contributed by atoms with Gasteiger partial charge in [-0.05, 0) is 12.1 Å². The number of benzene rings is 1.